The first-order chi connectivity index (χ1) is 9.69. The van der Waals surface area contributed by atoms with Crippen molar-refractivity contribution in [2.24, 2.45) is 0 Å². The van der Waals surface area contributed by atoms with Crippen molar-refractivity contribution < 1.29 is 22.7 Å². The highest BCUT2D eigenvalue weighted by Crippen LogP contribution is 2.30. The molecule has 0 aliphatic rings. The smallest absolute Gasteiger partial charge is 0.321 e. The van der Waals surface area contributed by atoms with Gasteiger partial charge in [0.2, 0.25) is 10.0 Å². The molecule has 0 aromatic heterocycles. The van der Waals surface area contributed by atoms with Crippen LogP contribution in [-0.4, -0.2) is 25.5 Å². The Balaban J connectivity index is 3.14. The van der Waals surface area contributed by atoms with Gasteiger partial charge in [-0.1, -0.05) is 43.0 Å². The molecule has 0 aliphatic carbocycles. The van der Waals surface area contributed by atoms with Crippen molar-refractivity contribution in [2.45, 2.75) is 37.1 Å². The maximum atomic E-state index is 13.1. The topological polar surface area (TPSA) is 83.5 Å². The molecule has 0 saturated heterocycles. The minimum atomic E-state index is -4.27. The molecule has 0 heterocycles. The van der Waals surface area contributed by atoms with Crippen LogP contribution in [-0.2, 0) is 14.8 Å². The molecule has 0 spiro atoms. The Kier molecular flexibility index (Phi) is 6.40. The van der Waals surface area contributed by atoms with Gasteiger partial charge in [0.15, 0.2) is 0 Å². The third kappa shape index (κ3) is 4.81. The van der Waals surface area contributed by atoms with Crippen molar-refractivity contribution in [2.75, 3.05) is 0 Å². The number of unbranched alkanes of at least 4 members (excludes halogenated alkanes) is 1. The lowest BCUT2D eigenvalue weighted by molar-refractivity contribution is -0.139. The molecule has 0 fully saturated rings. The molecule has 0 saturated carbocycles. The summed E-state index contributed by atoms with van der Waals surface area (Å²) in [6.45, 7) is 1.85. The fraction of sp³-hybridized carbons (Fsp3) is 0.417. The largest absolute Gasteiger partial charge is 0.480 e. The van der Waals surface area contributed by atoms with Crippen molar-refractivity contribution in [1.82, 2.24) is 4.72 Å². The van der Waals surface area contributed by atoms with E-state index in [2.05, 4.69) is 0 Å². The van der Waals surface area contributed by atoms with Crippen molar-refractivity contribution in [3.8, 4) is 0 Å². The van der Waals surface area contributed by atoms with Gasteiger partial charge in [-0.2, -0.15) is 4.72 Å². The molecule has 1 rings (SSSR count). The van der Waals surface area contributed by atoms with Crippen LogP contribution in [0.4, 0.5) is 4.39 Å². The summed E-state index contributed by atoms with van der Waals surface area (Å²) in [7, 11) is -4.27. The van der Waals surface area contributed by atoms with Gasteiger partial charge >= 0.3 is 5.97 Å². The number of hydrogen-bond acceptors (Lipinski definition) is 3. The zero-order valence-electron chi connectivity index (χ0n) is 11.1. The van der Waals surface area contributed by atoms with E-state index >= 15 is 0 Å². The van der Waals surface area contributed by atoms with E-state index < -0.39 is 42.8 Å². The molecular formula is C12H14Cl2FNO4S. The molecular weight excluding hydrogens is 344 g/mol. The molecule has 0 radical (unpaired) electrons. The second-order valence-electron chi connectivity index (χ2n) is 4.35. The molecule has 5 nitrogen and oxygen atoms in total. The number of halogens is 3. The molecule has 21 heavy (non-hydrogen) atoms. The third-order valence-electron chi connectivity index (χ3n) is 2.67. The molecule has 1 aromatic rings. The zero-order valence-corrected chi connectivity index (χ0v) is 13.4. The highest BCUT2D eigenvalue weighted by Gasteiger charge is 2.28. The summed E-state index contributed by atoms with van der Waals surface area (Å²) in [4.78, 5) is 10.6. The second kappa shape index (κ2) is 7.40. The second-order valence-corrected chi connectivity index (χ2v) is 6.82. The third-order valence-corrected chi connectivity index (χ3v) is 5.07. The Bertz CT molecular complexity index is 613. The number of carboxylic acids is 1. The molecule has 0 bridgehead atoms. The maximum absolute atomic E-state index is 13.1. The first-order valence-corrected chi connectivity index (χ1v) is 8.32. The number of nitrogens with one attached hydrogen (secondary N) is 1. The van der Waals surface area contributed by atoms with Crippen LogP contribution in [0.1, 0.15) is 26.2 Å². The van der Waals surface area contributed by atoms with Crippen molar-refractivity contribution >= 4 is 39.2 Å². The quantitative estimate of drug-likeness (QED) is 0.785. The summed E-state index contributed by atoms with van der Waals surface area (Å²) in [5.41, 5.74) is 0. The number of hydrogen-bond donors (Lipinski definition) is 2. The van der Waals surface area contributed by atoms with Crippen LogP contribution < -0.4 is 4.72 Å². The normalized spacial score (nSPS) is 13.1. The number of carbonyl (C=O) groups is 1. The lowest BCUT2D eigenvalue weighted by Gasteiger charge is -2.16. The van der Waals surface area contributed by atoms with Gasteiger partial charge < -0.3 is 5.11 Å². The monoisotopic (exact) mass is 357 g/mol. The van der Waals surface area contributed by atoms with Crippen LogP contribution in [0.25, 0.3) is 0 Å². The van der Waals surface area contributed by atoms with Gasteiger partial charge in [-0.3, -0.25) is 4.79 Å². The first kappa shape index (κ1) is 18.2. The number of rotatable bonds is 7. The van der Waals surface area contributed by atoms with Gasteiger partial charge in [-0.15, -0.1) is 0 Å². The van der Waals surface area contributed by atoms with Gasteiger partial charge in [0, 0.05) is 0 Å². The average molecular weight is 358 g/mol. The predicted molar refractivity (Wildman–Crippen MR) is 77.7 cm³/mol. The molecule has 0 aliphatic heterocycles. The fourth-order valence-corrected chi connectivity index (χ4v) is 4.09. The Hall–Kier alpha value is -0.890. The molecule has 1 unspecified atom stereocenters. The summed E-state index contributed by atoms with van der Waals surface area (Å²) >= 11 is 11.4. The number of benzene rings is 1. The molecule has 1 aromatic carbocycles. The van der Waals surface area contributed by atoms with E-state index in [1.807, 2.05) is 11.6 Å². The Labute approximate surface area is 132 Å². The van der Waals surface area contributed by atoms with Crippen LogP contribution in [0.5, 0.6) is 0 Å². The van der Waals surface area contributed by atoms with Crippen LogP contribution in [0.3, 0.4) is 0 Å². The minimum Gasteiger partial charge on any atom is -0.480 e. The molecule has 118 valence electrons. The van der Waals surface area contributed by atoms with E-state index in [1.54, 1.807) is 0 Å². The SMILES string of the molecule is CCCCC(NS(=O)(=O)c1c(Cl)cc(F)cc1Cl)C(=O)O. The van der Waals surface area contributed by atoms with E-state index in [0.29, 0.717) is 12.8 Å². The van der Waals surface area contributed by atoms with Crippen LogP contribution >= 0.6 is 23.2 Å². The highest BCUT2D eigenvalue weighted by molar-refractivity contribution is 7.89. The van der Waals surface area contributed by atoms with Crippen molar-refractivity contribution in [3.63, 3.8) is 0 Å². The van der Waals surface area contributed by atoms with E-state index in [9.17, 15) is 17.6 Å². The van der Waals surface area contributed by atoms with Crippen molar-refractivity contribution in [1.29, 1.82) is 0 Å². The standard InChI is InChI=1S/C12H14Cl2FNO4S/c1-2-3-4-10(12(17)18)16-21(19,20)11-8(13)5-7(15)6-9(11)14/h5-6,10,16H,2-4H2,1H3,(H,17,18). The van der Waals surface area contributed by atoms with Gasteiger partial charge in [0.05, 0.1) is 10.0 Å². The number of sulfonamides is 1. The summed E-state index contributed by atoms with van der Waals surface area (Å²) in [6, 6.07) is 0.292. The Morgan fingerprint density at radius 2 is 1.90 bits per heavy atom. The molecule has 2 N–H and O–H groups in total. The van der Waals surface area contributed by atoms with E-state index in [0.717, 1.165) is 12.1 Å². The lowest BCUT2D eigenvalue weighted by atomic mass is 10.1. The van der Waals surface area contributed by atoms with Gasteiger partial charge in [0.25, 0.3) is 0 Å². The van der Waals surface area contributed by atoms with Gasteiger partial charge in [0.1, 0.15) is 16.8 Å². The lowest BCUT2D eigenvalue weighted by Crippen LogP contribution is -2.40. The van der Waals surface area contributed by atoms with Crippen LogP contribution in [0.15, 0.2) is 17.0 Å². The van der Waals surface area contributed by atoms with Crippen LogP contribution in [0, 0.1) is 5.82 Å². The Morgan fingerprint density at radius 1 is 1.38 bits per heavy atom. The van der Waals surface area contributed by atoms with E-state index in [4.69, 9.17) is 28.3 Å². The fourth-order valence-electron chi connectivity index (χ4n) is 1.67. The van der Waals surface area contributed by atoms with Crippen molar-refractivity contribution in [3.05, 3.63) is 28.0 Å². The predicted octanol–water partition coefficient (Wildman–Crippen LogP) is 3.05. The summed E-state index contributed by atoms with van der Waals surface area (Å²) in [5, 5.41) is 8.22. The number of aliphatic carboxylic acids is 1. The van der Waals surface area contributed by atoms with Gasteiger partial charge in [-0.25, -0.2) is 12.8 Å². The van der Waals surface area contributed by atoms with Crippen LogP contribution in [0.2, 0.25) is 10.0 Å². The van der Waals surface area contributed by atoms with E-state index in [1.165, 1.54) is 0 Å². The Morgan fingerprint density at radius 3 is 2.33 bits per heavy atom. The van der Waals surface area contributed by atoms with Gasteiger partial charge in [-0.05, 0) is 18.6 Å². The molecule has 9 heteroatoms. The average Bonchev–Trinajstić information content (AvgIpc) is 2.32. The first-order valence-electron chi connectivity index (χ1n) is 6.08. The summed E-state index contributed by atoms with van der Waals surface area (Å²) < 4.78 is 39.5. The zero-order chi connectivity index (χ0) is 16.2. The number of carboxylic acid groups (broad SMARTS) is 1. The maximum Gasteiger partial charge on any atom is 0.321 e. The summed E-state index contributed by atoms with van der Waals surface area (Å²) in [6.07, 6.45) is 1.37. The summed E-state index contributed by atoms with van der Waals surface area (Å²) in [5.74, 6) is -2.09. The highest BCUT2D eigenvalue weighted by atomic mass is 35.5. The minimum absolute atomic E-state index is 0.126. The molecule has 1 atom stereocenters. The van der Waals surface area contributed by atoms with E-state index in [-0.39, 0.29) is 6.42 Å². The molecule has 0 amide bonds.